The molecule has 1 N–H and O–H groups in total. The van der Waals surface area contributed by atoms with E-state index in [4.69, 9.17) is 0 Å². The number of amides is 3. The molecule has 0 aliphatic carbocycles. The summed E-state index contributed by atoms with van der Waals surface area (Å²) >= 11 is 1.38. The number of nitrogens with zero attached hydrogens (tertiary/aromatic N) is 1. The molecule has 2 heterocycles. The van der Waals surface area contributed by atoms with Gasteiger partial charge in [-0.1, -0.05) is 26.7 Å². The van der Waals surface area contributed by atoms with Crippen LogP contribution in [0, 0.1) is 6.92 Å². The normalized spacial score (nSPS) is 17.0. The van der Waals surface area contributed by atoms with Gasteiger partial charge in [-0.15, -0.1) is 11.3 Å². The van der Waals surface area contributed by atoms with E-state index >= 15 is 0 Å². The van der Waals surface area contributed by atoms with Crippen LogP contribution in [-0.2, 0) is 4.79 Å². The highest BCUT2D eigenvalue weighted by molar-refractivity contribution is 7.14. The Balaban J connectivity index is 2.16. The minimum atomic E-state index is -0.827. The van der Waals surface area contributed by atoms with E-state index in [1.54, 1.807) is 6.07 Å². The second kappa shape index (κ2) is 6.60. The summed E-state index contributed by atoms with van der Waals surface area (Å²) < 4.78 is 0. The van der Waals surface area contributed by atoms with Crippen molar-refractivity contribution < 1.29 is 14.4 Å². The van der Waals surface area contributed by atoms with Gasteiger partial charge in [0.05, 0.1) is 11.4 Å². The minimum absolute atomic E-state index is 0.181. The van der Waals surface area contributed by atoms with E-state index in [2.05, 4.69) is 5.32 Å². The van der Waals surface area contributed by atoms with Crippen LogP contribution in [0.25, 0.3) is 0 Å². The van der Waals surface area contributed by atoms with Crippen LogP contribution < -0.4 is 5.32 Å². The molecule has 1 fully saturated rings. The van der Waals surface area contributed by atoms with Gasteiger partial charge in [-0.2, -0.15) is 0 Å². The van der Waals surface area contributed by atoms with Gasteiger partial charge in [0.25, 0.3) is 5.91 Å². The average molecular weight is 322 g/mol. The molecule has 6 heteroatoms. The highest BCUT2D eigenvalue weighted by Gasteiger charge is 2.50. The van der Waals surface area contributed by atoms with E-state index in [0.29, 0.717) is 17.7 Å². The Bertz CT molecular complexity index is 588. The molecule has 0 spiro atoms. The van der Waals surface area contributed by atoms with Gasteiger partial charge >= 0.3 is 6.03 Å². The molecule has 22 heavy (non-hydrogen) atoms. The zero-order valence-corrected chi connectivity index (χ0v) is 14.1. The van der Waals surface area contributed by atoms with Gasteiger partial charge in [-0.25, -0.2) is 4.79 Å². The van der Waals surface area contributed by atoms with E-state index in [0.717, 1.165) is 22.6 Å². The lowest BCUT2D eigenvalue weighted by molar-refractivity contribution is -0.131. The highest BCUT2D eigenvalue weighted by Crippen LogP contribution is 2.28. The van der Waals surface area contributed by atoms with E-state index in [1.165, 1.54) is 11.3 Å². The fraction of sp³-hybridized carbons (Fsp3) is 0.562. The van der Waals surface area contributed by atoms with E-state index in [-0.39, 0.29) is 18.2 Å². The van der Waals surface area contributed by atoms with Crippen molar-refractivity contribution in [2.24, 2.45) is 0 Å². The number of thiophene rings is 1. The van der Waals surface area contributed by atoms with Crippen LogP contribution in [0.3, 0.4) is 0 Å². The number of carbonyl (C=O) groups is 3. The zero-order valence-electron chi connectivity index (χ0n) is 13.3. The molecule has 1 saturated heterocycles. The smallest absolute Gasteiger partial charge is 0.323 e. The highest BCUT2D eigenvalue weighted by atomic mass is 32.1. The van der Waals surface area contributed by atoms with E-state index in [1.807, 2.05) is 26.8 Å². The quantitative estimate of drug-likeness (QED) is 0.619. The lowest BCUT2D eigenvalue weighted by Crippen LogP contribution is -2.47. The Kier molecular flexibility index (Phi) is 5.01. The number of aryl methyl sites for hydroxylation is 1. The maximum absolute atomic E-state index is 12.7. The molecule has 0 bridgehead atoms. The first kappa shape index (κ1) is 16.7. The van der Waals surface area contributed by atoms with Gasteiger partial charge in [0, 0.05) is 4.88 Å². The number of hydrogen-bond acceptors (Lipinski definition) is 4. The summed E-state index contributed by atoms with van der Waals surface area (Å²) in [5, 5.41) is 2.82. The average Bonchev–Trinajstić information content (AvgIpc) is 2.98. The number of hydrogen-bond donors (Lipinski definition) is 1. The first-order valence-corrected chi connectivity index (χ1v) is 8.49. The second-order valence-electron chi connectivity index (χ2n) is 5.74. The van der Waals surface area contributed by atoms with E-state index < -0.39 is 11.6 Å². The second-order valence-corrected chi connectivity index (χ2v) is 7.02. The number of Topliss-reactive ketones (excluding diaryl/α,β-unsaturated/α-hetero) is 1. The number of imide groups is 1. The fourth-order valence-electron chi connectivity index (χ4n) is 2.94. The molecular formula is C16H22N2O3S. The lowest BCUT2D eigenvalue weighted by atomic mass is 9.88. The molecular weight excluding hydrogens is 300 g/mol. The topological polar surface area (TPSA) is 66.5 Å². The molecule has 1 aliphatic rings. The maximum atomic E-state index is 12.7. The molecule has 0 aromatic carbocycles. The molecule has 0 unspecified atom stereocenters. The third kappa shape index (κ3) is 3.06. The molecule has 5 nitrogen and oxygen atoms in total. The van der Waals surface area contributed by atoms with Crippen molar-refractivity contribution in [2.45, 2.75) is 52.0 Å². The summed E-state index contributed by atoms with van der Waals surface area (Å²) in [7, 11) is 0. The van der Waals surface area contributed by atoms with Crippen LogP contribution in [0.1, 0.15) is 54.1 Å². The third-order valence-corrected chi connectivity index (χ3v) is 4.96. The van der Waals surface area contributed by atoms with Gasteiger partial charge in [-0.3, -0.25) is 14.5 Å². The number of ketones is 1. The number of rotatable bonds is 7. The molecule has 1 aromatic heterocycles. The molecule has 0 atom stereocenters. The predicted molar refractivity (Wildman–Crippen MR) is 86.2 cm³/mol. The molecule has 1 aliphatic heterocycles. The van der Waals surface area contributed by atoms with E-state index in [9.17, 15) is 14.4 Å². The first-order valence-electron chi connectivity index (χ1n) is 7.67. The van der Waals surface area contributed by atoms with Crippen molar-refractivity contribution in [3.05, 3.63) is 21.9 Å². The van der Waals surface area contributed by atoms with Gasteiger partial charge in [0.15, 0.2) is 5.78 Å². The summed E-state index contributed by atoms with van der Waals surface area (Å²) in [5.74, 6) is -0.451. The van der Waals surface area contributed by atoms with Crippen LogP contribution in [0.2, 0.25) is 0 Å². The summed E-state index contributed by atoms with van der Waals surface area (Å²) in [6.45, 7) is 5.71. The molecule has 1 aromatic rings. The zero-order chi connectivity index (χ0) is 16.3. The van der Waals surface area contributed by atoms with Gasteiger partial charge in [0.2, 0.25) is 0 Å². The molecule has 120 valence electrons. The Morgan fingerprint density at radius 1 is 1.23 bits per heavy atom. The first-order chi connectivity index (χ1) is 10.4. The largest absolute Gasteiger partial charge is 0.325 e. The molecule has 0 saturated carbocycles. The summed E-state index contributed by atoms with van der Waals surface area (Å²) in [4.78, 5) is 39.8. The number of urea groups is 1. The number of carbonyl (C=O) groups excluding carboxylic acids is 3. The predicted octanol–water partition coefficient (Wildman–Crippen LogP) is 3.13. The van der Waals surface area contributed by atoms with Crippen molar-refractivity contribution in [3.63, 3.8) is 0 Å². The standard InChI is InChI=1S/C16H22N2O3S/c1-4-8-16(9-5-2)14(20)18(15(21)17-16)10-12(19)13-7-6-11(3)22-13/h6-7H,4-5,8-10H2,1-3H3,(H,17,21). The third-order valence-electron chi connectivity index (χ3n) is 3.92. The molecule has 3 amide bonds. The summed E-state index contributed by atoms with van der Waals surface area (Å²) in [6, 6.07) is 3.16. The van der Waals surface area contributed by atoms with Crippen molar-refractivity contribution in [1.82, 2.24) is 10.2 Å². The number of nitrogens with one attached hydrogen (secondary N) is 1. The maximum Gasteiger partial charge on any atom is 0.325 e. The fourth-order valence-corrected chi connectivity index (χ4v) is 3.74. The van der Waals surface area contributed by atoms with Crippen LogP contribution in [0.15, 0.2) is 12.1 Å². The molecule has 2 rings (SSSR count). The summed E-state index contributed by atoms with van der Waals surface area (Å²) in [5.41, 5.74) is -0.827. The van der Waals surface area contributed by atoms with Crippen molar-refractivity contribution in [2.75, 3.05) is 6.54 Å². The van der Waals surface area contributed by atoms with Crippen LogP contribution >= 0.6 is 11.3 Å². The van der Waals surface area contributed by atoms with Crippen molar-refractivity contribution >= 4 is 29.1 Å². The SMILES string of the molecule is CCCC1(CCC)NC(=O)N(CC(=O)c2ccc(C)s2)C1=O. The Hall–Kier alpha value is -1.69. The van der Waals surface area contributed by atoms with Crippen LogP contribution in [-0.4, -0.2) is 34.7 Å². The summed E-state index contributed by atoms with van der Waals surface area (Å²) in [6.07, 6.45) is 2.82. The molecule has 0 radical (unpaired) electrons. The Morgan fingerprint density at radius 3 is 2.36 bits per heavy atom. The Morgan fingerprint density at radius 2 is 1.86 bits per heavy atom. The lowest BCUT2D eigenvalue weighted by Gasteiger charge is -2.25. The van der Waals surface area contributed by atoms with Crippen molar-refractivity contribution in [3.8, 4) is 0 Å². The monoisotopic (exact) mass is 322 g/mol. The Labute approximate surface area is 134 Å². The van der Waals surface area contributed by atoms with Gasteiger partial charge in [-0.05, 0) is 31.9 Å². The van der Waals surface area contributed by atoms with Gasteiger partial charge in [0.1, 0.15) is 5.54 Å². The van der Waals surface area contributed by atoms with Crippen LogP contribution in [0.4, 0.5) is 4.79 Å². The van der Waals surface area contributed by atoms with Gasteiger partial charge < -0.3 is 5.32 Å². The van der Waals surface area contributed by atoms with Crippen molar-refractivity contribution in [1.29, 1.82) is 0 Å². The van der Waals surface area contributed by atoms with Crippen LogP contribution in [0.5, 0.6) is 0 Å². The minimum Gasteiger partial charge on any atom is -0.323 e.